The van der Waals surface area contributed by atoms with Crippen LogP contribution in [0.25, 0.3) is 22.4 Å². The molecular formula is C29H28N4O3. The van der Waals surface area contributed by atoms with Gasteiger partial charge in [0.1, 0.15) is 11.6 Å². The lowest BCUT2D eigenvalue weighted by molar-refractivity contribution is 0.0927. The number of nitrogens with zero attached hydrogens (tertiary/aromatic N) is 1. The minimum atomic E-state index is -0.223. The SMILES string of the molecule is C=COc1ccc(NC(=O)c2ccc3nc(-c4ccc(C(=O)NC5CCCCC5)cc4)[nH]c3c2)cc1. The Labute approximate surface area is 209 Å². The molecule has 36 heavy (non-hydrogen) atoms. The van der Waals surface area contributed by atoms with Gasteiger partial charge in [-0.2, -0.15) is 0 Å². The molecule has 4 aromatic rings. The number of hydrogen-bond acceptors (Lipinski definition) is 4. The molecule has 5 rings (SSSR count). The molecule has 182 valence electrons. The third kappa shape index (κ3) is 5.30. The highest BCUT2D eigenvalue weighted by Crippen LogP contribution is 2.23. The van der Waals surface area contributed by atoms with Crippen molar-refractivity contribution >= 4 is 28.5 Å². The molecule has 0 unspecified atom stereocenters. The number of anilines is 1. The summed E-state index contributed by atoms with van der Waals surface area (Å²) in [4.78, 5) is 33.3. The van der Waals surface area contributed by atoms with Crippen LogP contribution in [0.5, 0.6) is 5.75 Å². The van der Waals surface area contributed by atoms with Crippen LogP contribution in [0.2, 0.25) is 0 Å². The lowest BCUT2D eigenvalue weighted by Crippen LogP contribution is -2.36. The van der Waals surface area contributed by atoms with Gasteiger partial charge in [-0.3, -0.25) is 9.59 Å². The van der Waals surface area contributed by atoms with Gasteiger partial charge in [-0.05, 0) is 67.4 Å². The summed E-state index contributed by atoms with van der Waals surface area (Å²) in [5, 5.41) is 6.03. The monoisotopic (exact) mass is 480 g/mol. The number of amides is 2. The molecule has 7 nitrogen and oxygen atoms in total. The van der Waals surface area contributed by atoms with Crippen molar-refractivity contribution in [3.05, 3.63) is 90.7 Å². The normalized spacial score (nSPS) is 13.8. The molecule has 3 aromatic carbocycles. The number of H-pyrrole nitrogens is 1. The Morgan fingerprint density at radius 2 is 1.64 bits per heavy atom. The van der Waals surface area contributed by atoms with Crippen molar-refractivity contribution in [1.82, 2.24) is 15.3 Å². The summed E-state index contributed by atoms with van der Waals surface area (Å²) in [7, 11) is 0. The standard InChI is InChI=1S/C29H28N4O3/c1-2-36-24-15-13-23(14-16-24)31-29(35)21-12-17-25-26(18-21)33-27(32-25)19-8-10-20(11-9-19)28(34)30-22-6-4-3-5-7-22/h2,8-18,22H,1,3-7H2,(H,30,34)(H,31,35)(H,32,33). The van der Waals surface area contributed by atoms with Gasteiger partial charge < -0.3 is 20.4 Å². The molecule has 0 radical (unpaired) electrons. The number of hydrogen-bond donors (Lipinski definition) is 3. The second-order valence-electron chi connectivity index (χ2n) is 8.97. The maximum absolute atomic E-state index is 12.8. The van der Waals surface area contributed by atoms with Crippen LogP contribution in [0.4, 0.5) is 5.69 Å². The topological polar surface area (TPSA) is 96.1 Å². The minimum absolute atomic E-state index is 0.0309. The average molecular weight is 481 g/mol. The van der Waals surface area contributed by atoms with Crippen LogP contribution >= 0.6 is 0 Å². The number of fused-ring (bicyclic) bond motifs is 1. The van der Waals surface area contributed by atoms with Crippen molar-refractivity contribution in [2.75, 3.05) is 5.32 Å². The fourth-order valence-corrected chi connectivity index (χ4v) is 4.50. The van der Waals surface area contributed by atoms with E-state index in [1.807, 2.05) is 30.3 Å². The third-order valence-electron chi connectivity index (χ3n) is 6.44. The lowest BCUT2D eigenvalue weighted by atomic mass is 9.95. The zero-order valence-electron chi connectivity index (χ0n) is 19.9. The van der Waals surface area contributed by atoms with Gasteiger partial charge in [-0.25, -0.2) is 4.98 Å². The summed E-state index contributed by atoms with van der Waals surface area (Å²) in [6.07, 6.45) is 7.07. The molecule has 1 saturated carbocycles. The molecule has 1 heterocycles. The number of rotatable bonds is 7. The van der Waals surface area contributed by atoms with Crippen LogP contribution < -0.4 is 15.4 Å². The van der Waals surface area contributed by atoms with Crippen molar-refractivity contribution in [1.29, 1.82) is 0 Å². The first-order valence-electron chi connectivity index (χ1n) is 12.2. The first-order valence-corrected chi connectivity index (χ1v) is 12.2. The van der Waals surface area contributed by atoms with Crippen LogP contribution in [0.15, 0.2) is 79.6 Å². The summed E-state index contributed by atoms with van der Waals surface area (Å²) in [6.45, 7) is 3.53. The summed E-state index contributed by atoms with van der Waals surface area (Å²) < 4.78 is 5.21. The molecule has 3 N–H and O–H groups in total. The minimum Gasteiger partial charge on any atom is -0.466 e. The summed E-state index contributed by atoms with van der Waals surface area (Å²) >= 11 is 0. The van der Waals surface area contributed by atoms with Crippen molar-refractivity contribution in [2.45, 2.75) is 38.1 Å². The van der Waals surface area contributed by atoms with Gasteiger partial charge >= 0.3 is 0 Å². The van der Waals surface area contributed by atoms with E-state index in [0.29, 0.717) is 28.4 Å². The van der Waals surface area contributed by atoms with E-state index >= 15 is 0 Å². The van der Waals surface area contributed by atoms with Gasteiger partial charge in [0.05, 0.1) is 17.3 Å². The van der Waals surface area contributed by atoms with Crippen molar-refractivity contribution in [3.8, 4) is 17.1 Å². The highest BCUT2D eigenvalue weighted by Gasteiger charge is 2.17. The summed E-state index contributed by atoms with van der Waals surface area (Å²) in [5.74, 6) is 1.07. The van der Waals surface area contributed by atoms with Gasteiger partial charge in [0.15, 0.2) is 0 Å². The second-order valence-corrected chi connectivity index (χ2v) is 8.97. The molecule has 0 bridgehead atoms. The summed E-state index contributed by atoms with van der Waals surface area (Å²) in [5.41, 5.74) is 4.20. The predicted molar refractivity (Wildman–Crippen MR) is 141 cm³/mol. The van der Waals surface area contributed by atoms with Gasteiger partial charge in [0, 0.05) is 28.4 Å². The van der Waals surface area contributed by atoms with E-state index in [1.165, 1.54) is 25.5 Å². The molecule has 1 fully saturated rings. The largest absolute Gasteiger partial charge is 0.466 e. The molecule has 0 aliphatic heterocycles. The fourth-order valence-electron chi connectivity index (χ4n) is 4.50. The van der Waals surface area contributed by atoms with Crippen LogP contribution in [0.3, 0.4) is 0 Å². The Morgan fingerprint density at radius 3 is 2.36 bits per heavy atom. The van der Waals surface area contributed by atoms with E-state index in [0.717, 1.165) is 29.4 Å². The van der Waals surface area contributed by atoms with Crippen LogP contribution in [-0.2, 0) is 0 Å². The van der Waals surface area contributed by atoms with Crippen molar-refractivity contribution < 1.29 is 14.3 Å². The van der Waals surface area contributed by atoms with Crippen molar-refractivity contribution in [3.63, 3.8) is 0 Å². The Balaban J connectivity index is 1.27. The predicted octanol–water partition coefficient (Wildman–Crippen LogP) is 6.07. The lowest BCUT2D eigenvalue weighted by Gasteiger charge is -2.22. The van der Waals surface area contributed by atoms with Crippen LogP contribution in [0.1, 0.15) is 52.8 Å². The number of aromatic nitrogens is 2. The fraction of sp³-hybridized carbons (Fsp3) is 0.207. The highest BCUT2D eigenvalue weighted by atomic mass is 16.5. The van der Waals surface area contributed by atoms with Gasteiger partial charge in [-0.1, -0.05) is 38.0 Å². The number of aromatic amines is 1. The Hall–Kier alpha value is -4.39. The smallest absolute Gasteiger partial charge is 0.255 e. The number of carbonyl (C=O) groups excluding carboxylic acids is 2. The molecular weight excluding hydrogens is 452 g/mol. The van der Waals surface area contributed by atoms with E-state index < -0.39 is 0 Å². The zero-order valence-corrected chi connectivity index (χ0v) is 19.9. The zero-order chi connectivity index (χ0) is 24.9. The Kier molecular flexibility index (Phi) is 6.80. The van der Waals surface area contributed by atoms with E-state index in [4.69, 9.17) is 4.74 Å². The highest BCUT2D eigenvalue weighted by molar-refractivity contribution is 6.06. The van der Waals surface area contributed by atoms with Crippen LogP contribution in [-0.4, -0.2) is 27.8 Å². The van der Waals surface area contributed by atoms with E-state index in [-0.39, 0.29) is 17.9 Å². The van der Waals surface area contributed by atoms with E-state index in [9.17, 15) is 9.59 Å². The molecule has 0 atom stereocenters. The Morgan fingerprint density at radius 1 is 0.917 bits per heavy atom. The number of carbonyl (C=O) groups is 2. The van der Waals surface area contributed by atoms with E-state index in [1.54, 1.807) is 36.4 Å². The first kappa shape index (κ1) is 23.4. The molecule has 0 spiro atoms. The maximum atomic E-state index is 12.8. The molecule has 1 aliphatic rings. The third-order valence-corrected chi connectivity index (χ3v) is 6.44. The van der Waals surface area contributed by atoms with E-state index in [2.05, 4.69) is 27.2 Å². The Bertz CT molecular complexity index is 1380. The van der Waals surface area contributed by atoms with Crippen molar-refractivity contribution in [2.24, 2.45) is 0 Å². The van der Waals surface area contributed by atoms with Gasteiger partial charge in [-0.15, -0.1) is 0 Å². The molecule has 1 aliphatic carbocycles. The first-order chi connectivity index (χ1) is 17.6. The average Bonchev–Trinajstić information content (AvgIpc) is 3.34. The molecule has 0 saturated heterocycles. The van der Waals surface area contributed by atoms with Gasteiger partial charge in [0.25, 0.3) is 11.8 Å². The number of imidazole rings is 1. The molecule has 1 aromatic heterocycles. The van der Waals surface area contributed by atoms with Gasteiger partial charge in [0.2, 0.25) is 0 Å². The molecule has 2 amide bonds. The number of ether oxygens (including phenoxy) is 1. The number of nitrogens with one attached hydrogen (secondary N) is 3. The summed E-state index contributed by atoms with van der Waals surface area (Å²) in [6, 6.07) is 20.1. The maximum Gasteiger partial charge on any atom is 0.255 e. The molecule has 7 heteroatoms. The van der Waals surface area contributed by atoms with Crippen LogP contribution in [0, 0.1) is 0 Å². The second kappa shape index (κ2) is 10.5. The number of benzene rings is 3. The quantitative estimate of drug-likeness (QED) is 0.280.